The molecule has 0 spiro atoms. The van der Waals surface area contributed by atoms with Crippen molar-refractivity contribution < 1.29 is 17.7 Å². The molecule has 2 rings (SSSR count). The average Bonchev–Trinajstić information content (AvgIpc) is 2.66. The molecular weight excluding hydrogens is 307 g/mol. The molecule has 1 aliphatic carbocycles. The Kier molecular flexibility index (Phi) is 4.22. The Morgan fingerprint density at radius 2 is 2.14 bits per heavy atom. The lowest BCUT2D eigenvalue weighted by Gasteiger charge is -2.23. The molecule has 0 saturated carbocycles. The Bertz CT molecular complexity index is 585. The van der Waals surface area contributed by atoms with Crippen molar-refractivity contribution in [1.82, 2.24) is 10.5 Å². The van der Waals surface area contributed by atoms with Crippen LogP contribution >= 0.6 is 11.6 Å². The van der Waals surface area contributed by atoms with Crippen LogP contribution in [0, 0.1) is 13.8 Å². The molecule has 0 radical (unpaired) electrons. The molecule has 1 atom stereocenters. The quantitative estimate of drug-likeness (QED) is 0.897. The van der Waals surface area contributed by atoms with Crippen LogP contribution < -0.4 is 11.1 Å². The maximum atomic E-state index is 12.3. The molecule has 0 aliphatic heterocycles. The monoisotopic (exact) mass is 321 g/mol. The van der Waals surface area contributed by atoms with Crippen LogP contribution in [-0.4, -0.2) is 17.9 Å². The normalized spacial score (nSPS) is 19.7. The van der Waals surface area contributed by atoms with E-state index >= 15 is 0 Å². The summed E-state index contributed by atoms with van der Waals surface area (Å²) in [4.78, 5) is 0. The minimum Gasteiger partial charge on any atom is -0.397 e. The minimum atomic E-state index is -4.33. The highest BCUT2D eigenvalue weighted by atomic mass is 35.5. The number of alkyl halides is 3. The van der Waals surface area contributed by atoms with Gasteiger partial charge in [0.05, 0.1) is 17.1 Å². The van der Waals surface area contributed by atoms with Crippen molar-refractivity contribution in [1.29, 1.82) is 0 Å². The molecule has 0 saturated heterocycles. The van der Waals surface area contributed by atoms with Crippen LogP contribution in [0.2, 0.25) is 0 Å². The first kappa shape index (κ1) is 15.8. The molecule has 116 valence electrons. The molecule has 4 nitrogen and oxygen atoms in total. The Morgan fingerprint density at radius 3 is 2.62 bits per heavy atom. The number of rotatable bonds is 3. The van der Waals surface area contributed by atoms with Gasteiger partial charge >= 0.3 is 6.18 Å². The van der Waals surface area contributed by atoms with Gasteiger partial charge < -0.3 is 15.6 Å². The summed E-state index contributed by atoms with van der Waals surface area (Å²) in [7, 11) is 0. The highest BCUT2D eigenvalue weighted by Crippen LogP contribution is 2.37. The van der Waals surface area contributed by atoms with Gasteiger partial charge in [0.25, 0.3) is 0 Å². The van der Waals surface area contributed by atoms with E-state index in [0.717, 1.165) is 11.3 Å². The Balaban J connectivity index is 2.21. The number of hydrogen-bond donors (Lipinski definition) is 2. The van der Waals surface area contributed by atoms with Crippen LogP contribution in [0.25, 0.3) is 0 Å². The molecule has 1 aliphatic rings. The van der Waals surface area contributed by atoms with Gasteiger partial charge in [0.15, 0.2) is 0 Å². The fourth-order valence-corrected chi connectivity index (χ4v) is 2.74. The predicted molar refractivity (Wildman–Crippen MR) is 72.5 cm³/mol. The van der Waals surface area contributed by atoms with Crippen molar-refractivity contribution in [3.8, 4) is 0 Å². The molecule has 0 amide bonds. The lowest BCUT2D eigenvalue weighted by molar-refractivity contribution is -0.123. The first-order chi connectivity index (χ1) is 9.69. The Hall–Kier alpha value is -1.63. The van der Waals surface area contributed by atoms with Crippen LogP contribution in [0.3, 0.4) is 0 Å². The van der Waals surface area contributed by atoms with Gasteiger partial charge in [-0.2, -0.15) is 13.2 Å². The Labute approximate surface area is 124 Å². The van der Waals surface area contributed by atoms with Crippen molar-refractivity contribution >= 4 is 11.6 Å². The van der Waals surface area contributed by atoms with Gasteiger partial charge in [-0.3, -0.25) is 0 Å². The summed E-state index contributed by atoms with van der Waals surface area (Å²) >= 11 is 6.10. The van der Waals surface area contributed by atoms with Gasteiger partial charge in [-0.1, -0.05) is 22.8 Å². The van der Waals surface area contributed by atoms with Crippen LogP contribution in [0.5, 0.6) is 0 Å². The second-order valence-electron chi connectivity index (χ2n) is 4.92. The molecule has 1 heterocycles. The largest absolute Gasteiger partial charge is 0.405 e. The third-order valence-electron chi connectivity index (χ3n) is 3.26. The van der Waals surface area contributed by atoms with E-state index in [1.165, 1.54) is 0 Å². The number of aromatic nitrogens is 1. The van der Waals surface area contributed by atoms with E-state index in [2.05, 4.69) is 10.5 Å². The molecule has 1 aromatic heterocycles. The summed E-state index contributed by atoms with van der Waals surface area (Å²) in [5, 5.41) is 6.37. The van der Waals surface area contributed by atoms with Crippen LogP contribution in [0.4, 0.5) is 13.2 Å². The van der Waals surface area contributed by atoms with E-state index in [9.17, 15) is 13.2 Å². The van der Waals surface area contributed by atoms with E-state index < -0.39 is 12.7 Å². The van der Waals surface area contributed by atoms with Crippen molar-refractivity contribution in [2.75, 3.05) is 6.54 Å². The zero-order chi connectivity index (χ0) is 15.8. The zero-order valence-corrected chi connectivity index (χ0v) is 12.3. The number of nitrogens with zero attached hydrogens (tertiary/aromatic N) is 1. The molecule has 3 N–H and O–H groups in total. The van der Waals surface area contributed by atoms with Gasteiger partial charge in [0.2, 0.25) is 0 Å². The van der Waals surface area contributed by atoms with Crippen molar-refractivity contribution in [3.63, 3.8) is 0 Å². The van der Waals surface area contributed by atoms with E-state index in [-0.39, 0.29) is 22.3 Å². The lowest BCUT2D eigenvalue weighted by Crippen LogP contribution is -2.32. The summed E-state index contributed by atoms with van der Waals surface area (Å²) in [6.07, 6.45) is -2.30. The average molecular weight is 322 g/mol. The molecule has 0 aromatic carbocycles. The van der Waals surface area contributed by atoms with Crippen LogP contribution in [0.1, 0.15) is 29.4 Å². The first-order valence-corrected chi connectivity index (χ1v) is 6.66. The highest BCUT2D eigenvalue weighted by Gasteiger charge is 2.30. The number of aryl methyl sites for hydroxylation is 2. The number of halogens is 4. The van der Waals surface area contributed by atoms with E-state index in [0.29, 0.717) is 12.2 Å². The number of allylic oxidation sites excluding steroid dienone is 2. The number of nitrogens with one attached hydrogen (secondary N) is 1. The van der Waals surface area contributed by atoms with Gasteiger partial charge in [0, 0.05) is 16.5 Å². The van der Waals surface area contributed by atoms with Crippen LogP contribution in [0.15, 0.2) is 27.0 Å². The summed E-state index contributed by atoms with van der Waals surface area (Å²) < 4.78 is 41.9. The molecular formula is C13H15ClF3N3O. The van der Waals surface area contributed by atoms with E-state index in [1.54, 1.807) is 19.9 Å². The maximum absolute atomic E-state index is 12.3. The van der Waals surface area contributed by atoms with Crippen molar-refractivity contribution in [3.05, 3.63) is 39.5 Å². The van der Waals surface area contributed by atoms with E-state index in [4.69, 9.17) is 21.9 Å². The zero-order valence-electron chi connectivity index (χ0n) is 11.5. The topological polar surface area (TPSA) is 64.1 Å². The third-order valence-corrected chi connectivity index (χ3v) is 3.61. The fraction of sp³-hybridized carbons (Fsp3) is 0.462. The molecule has 21 heavy (non-hydrogen) atoms. The standard InChI is InChI=1S/C13H15ClF3N3O/c1-6-11(7(2)21-20-6)8-3-9(14)12(10(18)4-8)19-5-13(15,16)17/h4,8,19H,3,5,18H2,1-2H3. The summed E-state index contributed by atoms with van der Waals surface area (Å²) in [6.45, 7) is 2.39. The van der Waals surface area contributed by atoms with Gasteiger partial charge in [-0.05, 0) is 20.3 Å². The summed E-state index contributed by atoms with van der Waals surface area (Å²) in [6, 6.07) is 0. The second kappa shape index (κ2) is 5.63. The lowest BCUT2D eigenvalue weighted by atomic mass is 9.89. The summed E-state index contributed by atoms with van der Waals surface area (Å²) in [5.41, 5.74) is 7.75. The fourth-order valence-electron chi connectivity index (χ4n) is 2.40. The molecule has 1 aromatic rings. The molecule has 0 fully saturated rings. The number of nitrogens with two attached hydrogens (primary N) is 1. The smallest absolute Gasteiger partial charge is 0.397 e. The molecule has 1 unspecified atom stereocenters. The summed E-state index contributed by atoms with van der Waals surface area (Å²) in [5.74, 6) is 0.498. The van der Waals surface area contributed by atoms with Crippen LogP contribution in [-0.2, 0) is 0 Å². The minimum absolute atomic E-state index is 0.136. The second-order valence-corrected chi connectivity index (χ2v) is 5.38. The van der Waals surface area contributed by atoms with Gasteiger partial charge in [0.1, 0.15) is 12.3 Å². The van der Waals surface area contributed by atoms with Crippen molar-refractivity contribution in [2.45, 2.75) is 32.4 Å². The van der Waals surface area contributed by atoms with Gasteiger partial charge in [-0.15, -0.1) is 0 Å². The maximum Gasteiger partial charge on any atom is 0.405 e. The predicted octanol–water partition coefficient (Wildman–Crippen LogP) is 3.22. The third kappa shape index (κ3) is 3.53. The number of hydrogen-bond acceptors (Lipinski definition) is 4. The highest BCUT2D eigenvalue weighted by molar-refractivity contribution is 6.30. The molecule has 0 bridgehead atoms. The van der Waals surface area contributed by atoms with Crippen molar-refractivity contribution in [2.24, 2.45) is 5.73 Å². The van der Waals surface area contributed by atoms with Gasteiger partial charge in [-0.25, -0.2) is 0 Å². The first-order valence-electron chi connectivity index (χ1n) is 6.28. The SMILES string of the molecule is Cc1noc(C)c1C1C=C(N)C(NCC(F)(F)F)=C(Cl)C1. The van der Waals surface area contributed by atoms with E-state index in [1.807, 2.05) is 0 Å². The Morgan fingerprint density at radius 1 is 1.48 bits per heavy atom. The molecule has 8 heteroatoms.